The van der Waals surface area contributed by atoms with Gasteiger partial charge in [0.25, 0.3) is 11.8 Å². The molecule has 2 aromatic carbocycles. The Hall–Kier alpha value is -3.55. The van der Waals surface area contributed by atoms with Crippen LogP contribution in [0.25, 0.3) is 0 Å². The van der Waals surface area contributed by atoms with E-state index in [4.69, 9.17) is 10.5 Å². The predicted molar refractivity (Wildman–Crippen MR) is 111 cm³/mol. The topological polar surface area (TPSA) is 123 Å². The monoisotopic (exact) mass is 398 g/mol. The van der Waals surface area contributed by atoms with E-state index >= 15 is 0 Å². The van der Waals surface area contributed by atoms with Gasteiger partial charge in [0.05, 0.1) is 6.61 Å². The number of nitrogens with one attached hydrogen (secondary N) is 3. The van der Waals surface area contributed by atoms with Gasteiger partial charge in [0, 0.05) is 16.8 Å². The van der Waals surface area contributed by atoms with Crippen molar-refractivity contribution in [2.75, 3.05) is 11.9 Å². The number of urea groups is 1. The second-order valence-corrected chi connectivity index (χ2v) is 6.41. The highest BCUT2D eigenvalue weighted by atomic mass is 16.5. The van der Waals surface area contributed by atoms with E-state index in [0.717, 1.165) is 12.8 Å². The van der Waals surface area contributed by atoms with Crippen molar-refractivity contribution >= 4 is 23.5 Å². The zero-order chi connectivity index (χ0) is 21.1. The number of carbonyl (C=O) groups excluding carboxylic acids is 3. The van der Waals surface area contributed by atoms with E-state index in [-0.39, 0.29) is 5.56 Å². The van der Waals surface area contributed by atoms with Crippen LogP contribution in [-0.4, -0.2) is 24.5 Å². The summed E-state index contributed by atoms with van der Waals surface area (Å²) in [6.45, 7) is 2.80. The summed E-state index contributed by atoms with van der Waals surface area (Å²) in [5.41, 5.74) is 10.8. The van der Waals surface area contributed by atoms with Gasteiger partial charge in [-0.05, 0) is 48.9 Å². The average molecular weight is 398 g/mol. The maximum absolute atomic E-state index is 12.2. The summed E-state index contributed by atoms with van der Waals surface area (Å²) in [6.07, 6.45) is 4.51. The number of primary amides is 1. The Morgan fingerprint density at radius 2 is 1.59 bits per heavy atom. The molecule has 2 rings (SSSR count). The lowest BCUT2D eigenvalue weighted by atomic mass is 10.2. The standard InChI is InChI=1S/C21H26N4O4/c1-2-3-4-5-13-29-18-11-9-15(10-12-18)19(26)24-25-20(27)16-7-6-8-17(14-16)23-21(22)28/h6-12,14H,2-5,13H2,1H3,(H,24,26)(H,25,27)(H3,22,23,28). The third kappa shape index (κ3) is 7.53. The Morgan fingerprint density at radius 3 is 2.24 bits per heavy atom. The van der Waals surface area contributed by atoms with E-state index in [1.54, 1.807) is 42.5 Å². The first-order valence-corrected chi connectivity index (χ1v) is 9.49. The quantitative estimate of drug-likeness (QED) is 0.382. The summed E-state index contributed by atoms with van der Waals surface area (Å²) in [5, 5.41) is 2.38. The van der Waals surface area contributed by atoms with Crippen LogP contribution >= 0.6 is 0 Å². The summed E-state index contributed by atoms with van der Waals surface area (Å²) in [7, 11) is 0. The summed E-state index contributed by atoms with van der Waals surface area (Å²) >= 11 is 0. The van der Waals surface area contributed by atoms with Crippen molar-refractivity contribution in [2.45, 2.75) is 32.6 Å². The molecule has 0 saturated heterocycles. The molecule has 8 nitrogen and oxygen atoms in total. The summed E-state index contributed by atoms with van der Waals surface area (Å²) < 4.78 is 5.64. The van der Waals surface area contributed by atoms with Gasteiger partial charge < -0.3 is 15.8 Å². The Kier molecular flexibility index (Phi) is 8.50. The van der Waals surface area contributed by atoms with Gasteiger partial charge in [-0.15, -0.1) is 0 Å². The number of benzene rings is 2. The fourth-order valence-corrected chi connectivity index (χ4v) is 2.56. The first-order valence-electron chi connectivity index (χ1n) is 9.49. The van der Waals surface area contributed by atoms with Gasteiger partial charge in [0.1, 0.15) is 5.75 Å². The zero-order valence-electron chi connectivity index (χ0n) is 16.4. The molecule has 0 bridgehead atoms. The lowest BCUT2D eigenvalue weighted by Crippen LogP contribution is -2.41. The normalized spacial score (nSPS) is 10.1. The van der Waals surface area contributed by atoms with Crippen molar-refractivity contribution in [3.63, 3.8) is 0 Å². The van der Waals surface area contributed by atoms with Gasteiger partial charge >= 0.3 is 6.03 Å². The fraction of sp³-hybridized carbons (Fsp3) is 0.286. The first-order chi connectivity index (χ1) is 14.0. The third-order valence-corrected chi connectivity index (χ3v) is 4.06. The SMILES string of the molecule is CCCCCCOc1ccc(C(=O)NNC(=O)c2cccc(NC(N)=O)c2)cc1. The van der Waals surface area contributed by atoms with Crippen molar-refractivity contribution < 1.29 is 19.1 Å². The minimum atomic E-state index is -0.732. The molecule has 0 aromatic heterocycles. The molecule has 0 fully saturated rings. The molecule has 4 amide bonds. The first kappa shape index (κ1) is 21.7. The van der Waals surface area contributed by atoms with Crippen molar-refractivity contribution in [3.8, 4) is 5.75 Å². The minimum Gasteiger partial charge on any atom is -0.494 e. The summed E-state index contributed by atoms with van der Waals surface area (Å²) in [4.78, 5) is 35.3. The van der Waals surface area contributed by atoms with Gasteiger partial charge in [-0.3, -0.25) is 20.4 Å². The number of nitrogens with two attached hydrogens (primary N) is 1. The largest absolute Gasteiger partial charge is 0.494 e. The van der Waals surface area contributed by atoms with Crippen LogP contribution in [0.1, 0.15) is 53.3 Å². The molecular weight excluding hydrogens is 372 g/mol. The van der Waals surface area contributed by atoms with Crippen molar-refractivity contribution in [1.82, 2.24) is 10.9 Å². The Labute approximate surface area is 169 Å². The van der Waals surface area contributed by atoms with Crippen LogP contribution in [0.15, 0.2) is 48.5 Å². The molecule has 0 radical (unpaired) electrons. The van der Waals surface area contributed by atoms with Crippen molar-refractivity contribution in [3.05, 3.63) is 59.7 Å². The molecular formula is C21H26N4O4. The molecule has 5 N–H and O–H groups in total. The molecule has 8 heteroatoms. The molecule has 0 atom stereocenters. The highest BCUT2D eigenvalue weighted by molar-refractivity contribution is 6.00. The lowest BCUT2D eigenvalue weighted by Gasteiger charge is -2.10. The van der Waals surface area contributed by atoms with Gasteiger partial charge in [-0.2, -0.15) is 0 Å². The highest BCUT2D eigenvalue weighted by Crippen LogP contribution is 2.13. The number of anilines is 1. The highest BCUT2D eigenvalue weighted by Gasteiger charge is 2.10. The number of hydrogen-bond acceptors (Lipinski definition) is 4. The molecule has 2 aromatic rings. The van der Waals surface area contributed by atoms with E-state index in [1.807, 2.05) is 0 Å². The van der Waals surface area contributed by atoms with E-state index in [9.17, 15) is 14.4 Å². The summed E-state index contributed by atoms with van der Waals surface area (Å²) in [6, 6.07) is 12.1. The maximum atomic E-state index is 12.2. The average Bonchev–Trinajstić information content (AvgIpc) is 2.72. The molecule has 29 heavy (non-hydrogen) atoms. The maximum Gasteiger partial charge on any atom is 0.316 e. The molecule has 0 aliphatic heterocycles. The van der Waals surface area contributed by atoms with Crippen LogP contribution in [0, 0.1) is 0 Å². The van der Waals surface area contributed by atoms with Crippen molar-refractivity contribution in [1.29, 1.82) is 0 Å². The second-order valence-electron chi connectivity index (χ2n) is 6.41. The molecule has 0 aliphatic carbocycles. The predicted octanol–water partition coefficient (Wildman–Crippen LogP) is 3.21. The molecule has 0 unspecified atom stereocenters. The zero-order valence-corrected chi connectivity index (χ0v) is 16.4. The second kappa shape index (κ2) is 11.3. The summed E-state index contributed by atoms with van der Waals surface area (Å²) in [5.74, 6) is -0.293. The Morgan fingerprint density at radius 1 is 0.897 bits per heavy atom. The van der Waals surface area contributed by atoms with E-state index in [2.05, 4.69) is 23.1 Å². The minimum absolute atomic E-state index is 0.253. The number of hydrogen-bond donors (Lipinski definition) is 4. The molecule has 0 aliphatic rings. The van der Waals surface area contributed by atoms with E-state index in [0.29, 0.717) is 23.6 Å². The molecule has 0 heterocycles. The van der Waals surface area contributed by atoms with Gasteiger partial charge in [0.15, 0.2) is 0 Å². The van der Waals surface area contributed by atoms with Crippen LogP contribution < -0.4 is 26.6 Å². The Bertz CT molecular complexity index is 837. The van der Waals surface area contributed by atoms with Gasteiger partial charge in [0.2, 0.25) is 0 Å². The number of hydrazine groups is 1. The van der Waals surface area contributed by atoms with Crippen LogP contribution in [0.4, 0.5) is 10.5 Å². The molecule has 154 valence electrons. The third-order valence-electron chi connectivity index (χ3n) is 4.06. The number of amides is 4. The van der Waals surface area contributed by atoms with Crippen molar-refractivity contribution in [2.24, 2.45) is 5.73 Å². The van der Waals surface area contributed by atoms with Gasteiger partial charge in [-0.1, -0.05) is 32.3 Å². The number of unbranched alkanes of at least 4 members (excludes halogenated alkanes) is 3. The van der Waals surface area contributed by atoms with Gasteiger partial charge in [-0.25, -0.2) is 4.79 Å². The molecule has 0 saturated carbocycles. The lowest BCUT2D eigenvalue weighted by molar-refractivity contribution is 0.0846. The molecule has 0 spiro atoms. The van der Waals surface area contributed by atoms with Crippen LogP contribution in [-0.2, 0) is 0 Å². The smallest absolute Gasteiger partial charge is 0.316 e. The Balaban J connectivity index is 1.82. The number of rotatable bonds is 9. The van der Waals surface area contributed by atoms with Crippen LogP contribution in [0.5, 0.6) is 5.75 Å². The van der Waals surface area contributed by atoms with Crippen LogP contribution in [0.2, 0.25) is 0 Å². The van der Waals surface area contributed by atoms with Crippen LogP contribution in [0.3, 0.4) is 0 Å². The fourth-order valence-electron chi connectivity index (χ4n) is 2.56. The van der Waals surface area contributed by atoms with E-state index in [1.165, 1.54) is 18.9 Å². The van der Waals surface area contributed by atoms with E-state index < -0.39 is 17.8 Å². The number of carbonyl (C=O) groups is 3. The number of ether oxygens (including phenoxy) is 1.